The SMILES string of the molecule is O=C(Nc1ccccc1C(=O)NC(CCO)C1CC1)c1cccs1. The molecular formula is C18H20N2O3S. The average molecular weight is 344 g/mol. The van der Waals surface area contributed by atoms with Crippen molar-refractivity contribution in [2.75, 3.05) is 11.9 Å². The predicted molar refractivity (Wildman–Crippen MR) is 94.4 cm³/mol. The Labute approximate surface area is 144 Å². The van der Waals surface area contributed by atoms with Gasteiger partial charge in [0.1, 0.15) is 0 Å². The number of rotatable bonds is 7. The van der Waals surface area contributed by atoms with Crippen molar-refractivity contribution < 1.29 is 14.7 Å². The monoisotopic (exact) mass is 344 g/mol. The molecule has 24 heavy (non-hydrogen) atoms. The summed E-state index contributed by atoms with van der Waals surface area (Å²) in [7, 11) is 0. The van der Waals surface area contributed by atoms with Gasteiger partial charge in [0, 0.05) is 12.6 Å². The fourth-order valence-corrected chi connectivity index (χ4v) is 3.31. The third kappa shape index (κ3) is 4.01. The van der Waals surface area contributed by atoms with E-state index in [0.29, 0.717) is 28.5 Å². The van der Waals surface area contributed by atoms with Crippen LogP contribution in [0.5, 0.6) is 0 Å². The van der Waals surface area contributed by atoms with E-state index in [0.717, 1.165) is 12.8 Å². The van der Waals surface area contributed by atoms with Crippen LogP contribution in [0.4, 0.5) is 5.69 Å². The summed E-state index contributed by atoms with van der Waals surface area (Å²) in [6, 6.07) is 10.5. The maximum Gasteiger partial charge on any atom is 0.265 e. The van der Waals surface area contributed by atoms with Crippen LogP contribution < -0.4 is 10.6 Å². The first kappa shape index (κ1) is 16.7. The highest BCUT2D eigenvalue weighted by Gasteiger charge is 2.32. The summed E-state index contributed by atoms with van der Waals surface area (Å²) in [6.07, 6.45) is 2.73. The van der Waals surface area contributed by atoms with Crippen LogP contribution in [0.3, 0.4) is 0 Å². The van der Waals surface area contributed by atoms with Gasteiger partial charge in [-0.25, -0.2) is 0 Å². The van der Waals surface area contributed by atoms with Crippen molar-refractivity contribution in [3.63, 3.8) is 0 Å². The summed E-state index contributed by atoms with van der Waals surface area (Å²) < 4.78 is 0. The van der Waals surface area contributed by atoms with E-state index in [-0.39, 0.29) is 24.5 Å². The third-order valence-electron chi connectivity index (χ3n) is 4.11. The number of hydrogen-bond donors (Lipinski definition) is 3. The first-order valence-corrected chi connectivity index (χ1v) is 8.92. The van der Waals surface area contributed by atoms with Crippen LogP contribution in [0.1, 0.15) is 39.3 Å². The van der Waals surface area contributed by atoms with E-state index in [9.17, 15) is 9.59 Å². The molecule has 0 aliphatic heterocycles. The van der Waals surface area contributed by atoms with Crippen LogP contribution in [-0.4, -0.2) is 29.6 Å². The molecule has 1 heterocycles. The van der Waals surface area contributed by atoms with Gasteiger partial charge in [0.05, 0.1) is 16.1 Å². The first-order valence-electron chi connectivity index (χ1n) is 8.04. The van der Waals surface area contributed by atoms with Crippen LogP contribution in [0.2, 0.25) is 0 Å². The molecule has 1 aromatic heterocycles. The van der Waals surface area contributed by atoms with Crippen LogP contribution >= 0.6 is 11.3 Å². The van der Waals surface area contributed by atoms with Crippen molar-refractivity contribution in [1.82, 2.24) is 5.32 Å². The molecule has 3 rings (SSSR count). The second kappa shape index (κ2) is 7.59. The summed E-state index contributed by atoms with van der Waals surface area (Å²) in [5, 5.41) is 16.8. The number of carbonyl (C=O) groups is 2. The maximum atomic E-state index is 12.6. The lowest BCUT2D eigenvalue weighted by atomic mass is 10.1. The van der Waals surface area contributed by atoms with Gasteiger partial charge in [-0.05, 0) is 48.8 Å². The minimum atomic E-state index is -0.223. The van der Waals surface area contributed by atoms with E-state index in [2.05, 4.69) is 10.6 Å². The van der Waals surface area contributed by atoms with Gasteiger partial charge in [-0.15, -0.1) is 11.3 Å². The van der Waals surface area contributed by atoms with Gasteiger partial charge in [-0.1, -0.05) is 18.2 Å². The Balaban J connectivity index is 1.73. The zero-order valence-electron chi connectivity index (χ0n) is 13.2. The number of carbonyl (C=O) groups excluding carboxylic acids is 2. The Hall–Kier alpha value is -2.18. The number of nitrogens with one attached hydrogen (secondary N) is 2. The van der Waals surface area contributed by atoms with Gasteiger partial charge in [0.25, 0.3) is 11.8 Å². The lowest BCUT2D eigenvalue weighted by molar-refractivity contribution is 0.0925. The molecule has 3 N–H and O–H groups in total. The highest BCUT2D eigenvalue weighted by atomic mass is 32.1. The van der Waals surface area contributed by atoms with Gasteiger partial charge in [0.2, 0.25) is 0 Å². The van der Waals surface area contributed by atoms with E-state index >= 15 is 0 Å². The lowest BCUT2D eigenvalue weighted by Crippen LogP contribution is -2.37. The second-order valence-electron chi connectivity index (χ2n) is 5.91. The molecule has 1 aromatic carbocycles. The minimum Gasteiger partial charge on any atom is -0.396 e. The zero-order chi connectivity index (χ0) is 16.9. The van der Waals surface area contributed by atoms with Gasteiger partial charge >= 0.3 is 0 Å². The molecule has 1 atom stereocenters. The largest absolute Gasteiger partial charge is 0.396 e. The molecule has 1 fully saturated rings. The fraction of sp³-hybridized carbons (Fsp3) is 0.333. The number of aliphatic hydroxyl groups excluding tert-OH is 1. The molecule has 2 amide bonds. The average Bonchev–Trinajstić information content (AvgIpc) is 3.28. The summed E-state index contributed by atoms with van der Waals surface area (Å²) in [5.41, 5.74) is 0.929. The number of aliphatic hydroxyl groups is 1. The van der Waals surface area contributed by atoms with E-state index in [1.807, 2.05) is 11.4 Å². The van der Waals surface area contributed by atoms with Gasteiger partial charge in [-0.3, -0.25) is 9.59 Å². The quantitative estimate of drug-likeness (QED) is 0.723. The third-order valence-corrected chi connectivity index (χ3v) is 4.98. The first-order chi connectivity index (χ1) is 11.7. The van der Waals surface area contributed by atoms with E-state index in [4.69, 9.17) is 5.11 Å². The molecule has 2 aromatic rings. The minimum absolute atomic E-state index is 0.0106. The topological polar surface area (TPSA) is 78.4 Å². The van der Waals surface area contributed by atoms with Crippen LogP contribution in [-0.2, 0) is 0 Å². The number of para-hydroxylation sites is 1. The Kier molecular flexibility index (Phi) is 5.27. The molecule has 126 valence electrons. The Bertz CT molecular complexity index is 711. The number of thiophene rings is 1. The Morgan fingerprint density at radius 2 is 1.96 bits per heavy atom. The molecule has 0 saturated heterocycles. The van der Waals surface area contributed by atoms with Crippen molar-refractivity contribution in [3.8, 4) is 0 Å². The van der Waals surface area contributed by atoms with Crippen molar-refractivity contribution in [3.05, 3.63) is 52.2 Å². The molecule has 1 aliphatic carbocycles. The van der Waals surface area contributed by atoms with E-state index < -0.39 is 0 Å². The summed E-state index contributed by atoms with van der Waals surface area (Å²) >= 11 is 1.35. The highest BCUT2D eigenvalue weighted by molar-refractivity contribution is 7.12. The number of hydrogen-bond acceptors (Lipinski definition) is 4. The van der Waals surface area contributed by atoms with Crippen molar-refractivity contribution in [1.29, 1.82) is 0 Å². The number of benzene rings is 1. The molecule has 0 bridgehead atoms. The van der Waals surface area contributed by atoms with Crippen LogP contribution in [0.15, 0.2) is 41.8 Å². The van der Waals surface area contributed by atoms with E-state index in [1.54, 1.807) is 30.3 Å². The summed E-state index contributed by atoms with van der Waals surface area (Å²) in [6.45, 7) is 0.0538. The van der Waals surface area contributed by atoms with Crippen molar-refractivity contribution in [2.24, 2.45) is 5.92 Å². The predicted octanol–water partition coefficient (Wildman–Crippen LogP) is 2.89. The second-order valence-corrected chi connectivity index (χ2v) is 6.85. The van der Waals surface area contributed by atoms with Crippen molar-refractivity contribution >= 4 is 28.8 Å². The molecule has 1 saturated carbocycles. The van der Waals surface area contributed by atoms with Gasteiger partial charge in [-0.2, -0.15) is 0 Å². The molecular weight excluding hydrogens is 324 g/mol. The number of amides is 2. The van der Waals surface area contributed by atoms with E-state index in [1.165, 1.54) is 11.3 Å². The molecule has 1 unspecified atom stereocenters. The van der Waals surface area contributed by atoms with Crippen molar-refractivity contribution in [2.45, 2.75) is 25.3 Å². The highest BCUT2D eigenvalue weighted by Crippen LogP contribution is 2.34. The Morgan fingerprint density at radius 3 is 2.62 bits per heavy atom. The molecule has 1 aliphatic rings. The standard InChI is InChI=1S/C18H20N2O3S/c21-10-9-14(12-7-8-12)19-17(22)13-4-1-2-5-15(13)20-18(23)16-6-3-11-24-16/h1-6,11-12,14,21H,7-10H2,(H,19,22)(H,20,23). The van der Waals surface area contributed by atoms with Gasteiger partial charge < -0.3 is 15.7 Å². The smallest absolute Gasteiger partial charge is 0.265 e. The molecule has 5 nitrogen and oxygen atoms in total. The summed E-state index contributed by atoms with van der Waals surface area (Å²) in [4.78, 5) is 25.4. The normalized spacial score (nSPS) is 14.9. The molecule has 0 radical (unpaired) electrons. The fourth-order valence-electron chi connectivity index (χ4n) is 2.69. The van der Waals surface area contributed by atoms with Crippen LogP contribution in [0.25, 0.3) is 0 Å². The maximum absolute atomic E-state index is 12.6. The molecule has 6 heteroatoms. The lowest BCUT2D eigenvalue weighted by Gasteiger charge is -2.18. The molecule has 0 spiro atoms. The summed E-state index contributed by atoms with van der Waals surface area (Å²) in [5.74, 6) is 0.00996. The number of anilines is 1. The Morgan fingerprint density at radius 1 is 1.17 bits per heavy atom. The zero-order valence-corrected chi connectivity index (χ0v) is 14.0. The van der Waals surface area contributed by atoms with Gasteiger partial charge in [0.15, 0.2) is 0 Å². The van der Waals surface area contributed by atoms with Crippen LogP contribution in [0, 0.1) is 5.92 Å².